The minimum atomic E-state index is -0.190. The first kappa shape index (κ1) is 12.6. The maximum absolute atomic E-state index is 11.2. The lowest BCUT2D eigenvalue weighted by molar-refractivity contribution is -0.145. The Labute approximate surface area is 95.2 Å². The Kier molecular flexibility index (Phi) is 4.42. The number of methoxy groups -OCH3 is 1. The molecule has 0 saturated carbocycles. The van der Waals surface area contributed by atoms with E-state index in [1.54, 1.807) is 4.68 Å². The largest absolute Gasteiger partial charge is 0.469 e. The van der Waals surface area contributed by atoms with E-state index < -0.39 is 0 Å². The van der Waals surface area contributed by atoms with Gasteiger partial charge in [0.2, 0.25) is 0 Å². The van der Waals surface area contributed by atoms with Crippen LogP contribution < -0.4 is 0 Å². The molecule has 0 saturated heterocycles. The number of nitrogens with zero attached hydrogens (tertiary/aromatic N) is 4. The summed E-state index contributed by atoms with van der Waals surface area (Å²) in [5, 5.41) is 3.99. The number of hydrogen-bond donors (Lipinski definition) is 0. The van der Waals surface area contributed by atoms with Crippen LogP contribution >= 0.6 is 0 Å². The van der Waals surface area contributed by atoms with Gasteiger partial charge in [0.1, 0.15) is 12.2 Å². The van der Waals surface area contributed by atoms with E-state index in [1.165, 1.54) is 13.4 Å². The summed E-state index contributed by atoms with van der Waals surface area (Å²) in [6.07, 6.45) is 1.52. The quantitative estimate of drug-likeness (QED) is 0.664. The second-order valence-corrected chi connectivity index (χ2v) is 3.92. The first-order valence-electron chi connectivity index (χ1n) is 5.13. The van der Waals surface area contributed by atoms with Crippen LogP contribution in [0.5, 0.6) is 0 Å². The van der Waals surface area contributed by atoms with Crippen molar-refractivity contribution in [1.82, 2.24) is 19.7 Å². The standard InChI is InChI=1S/C10H18N4O2/c1-8(10(15)16-4)5-13(2)6-9-11-7-12-14(9)3/h7-8H,5-6H2,1-4H3. The Balaban J connectivity index is 2.45. The van der Waals surface area contributed by atoms with Crippen LogP contribution in [0.1, 0.15) is 12.7 Å². The molecular formula is C10H18N4O2. The van der Waals surface area contributed by atoms with Gasteiger partial charge in [0.15, 0.2) is 0 Å². The van der Waals surface area contributed by atoms with Crippen LogP contribution in [0.2, 0.25) is 0 Å². The Morgan fingerprint density at radius 1 is 1.69 bits per heavy atom. The second kappa shape index (κ2) is 5.60. The molecule has 0 aliphatic heterocycles. The maximum atomic E-state index is 11.2. The third kappa shape index (κ3) is 3.30. The van der Waals surface area contributed by atoms with Crippen molar-refractivity contribution in [3.63, 3.8) is 0 Å². The van der Waals surface area contributed by atoms with Gasteiger partial charge in [-0.1, -0.05) is 6.92 Å². The van der Waals surface area contributed by atoms with E-state index in [1.807, 2.05) is 25.9 Å². The number of hydrogen-bond acceptors (Lipinski definition) is 5. The maximum Gasteiger partial charge on any atom is 0.309 e. The Morgan fingerprint density at radius 2 is 2.38 bits per heavy atom. The molecule has 1 unspecified atom stereocenters. The number of rotatable bonds is 5. The third-order valence-corrected chi connectivity index (χ3v) is 2.41. The van der Waals surface area contributed by atoms with Crippen LogP contribution in [0.15, 0.2) is 6.33 Å². The van der Waals surface area contributed by atoms with Gasteiger partial charge in [0, 0.05) is 13.6 Å². The highest BCUT2D eigenvalue weighted by molar-refractivity contribution is 5.71. The van der Waals surface area contributed by atoms with Gasteiger partial charge < -0.3 is 4.74 Å². The highest BCUT2D eigenvalue weighted by Crippen LogP contribution is 2.03. The molecule has 0 fully saturated rings. The van der Waals surface area contributed by atoms with Crippen molar-refractivity contribution in [3.8, 4) is 0 Å². The van der Waals surface area contributed by atoms with E-state index in [2.05, 4.69) is 14.8 Å². The van der Waals surface area contributed by atoms with E-state index in [0.717, 1.165) is 5.82 Å². The molecule has 1 heterocycles. The smallest absolute Gasteiger partial charge is 0.309 e. The van der Waals surface area contributed by atoms with Crippen molar-refractivity contribution in [1.29, 1.82) is 0 Å². The molecule has 90 valence electrons. The normalized spacial score (nSPS) is 12.8. The fourth-order valence-corrected chi connectivity index (χ4v) is 1.51. The molecule has 0 aromatic carbocycles. The van der Waals surface area contributed by atoms with Crippen LogP contribution in [0.25, 0.3) is 0 Å². The molecule has 0 aliphatic carbocycles. The number of esters is 1. The molecule has 0 radical (unpaired) electrons. The molecule has 1 aromatic heterocycles. The summed E-state index contributed by atoms with van der Waals surface area (Å²) in [5.41, 5.74) is 0. The molecule has 0 aliphatic rings. The zero-order valence-electron chi connectivity index (χ0n) is 10.2. The summed E-state index contributed by atoms with van der Waals surface area (Å²) >= 11 is 0. The Hall–Kier alpha value is -1.43. The SMILES string of the molecule is COC(=O)C(C)CN(C)Cc1ncnn1C. The molecular weight excluding hydrogens is 208 g/mol. The van der Waals surface area contributed by atoms with Crippen LogP contribution in [-0.2, 0) is 23.1 Å². The molecule has 1 aromatic rings. The predicted molar refractivity (Wildman–Crippen MR) is 58.5 cm³/mol. The number of ether oxygens (including phenoxy) is 1. The van der Waals surface area contributed by atoms with Crippen molar-refractivity contribution in [2.24, 2.45) is 13.0 Å². The van der Waals surface area contributed by atoms with Crippen LogP contribution in [0.3, 0.4) is 0 Å². The highest BCUT2D eigenvalue weighted by Gasteiger charge is 2.16. The van der Waals surface area contributed by atoms with E-state index >= 15 is 0 Å². The fourth-order valence-electron chi connectivity index (χ4n) is 1.51. The predicted octanol–water partition coefficient (Wildman–Crippen LogP) is 0.0560. The number of aryl methyl sites for hydroxylation is 1. The molecule has 6 nitrogen and oxygen atoms in total. The average molecular weight is 226 g/mol. The first-order valence-corrected chi connectivity index (χ1v) is 5.13. The fraction of sp³-hybridized carbons (Fsp3) is 0.700. The molecule has 1 atom stereocenters. The van der Waals surface area contributed by atoms with Crippen LogP contribution in [0, 0.1) is 5.92 Å². The third-order valence-electron chi connectivity index (χ3n) is 2.41. The Bertz CT molecular complexity index is 350. The van der Waals surface area contributed by atoms with Crippen molar-refractivity contribution < 1.29 is 9.53 Å². The molecule has 0 amide bonds. The molecule has 0 N–H and O–H groups in total. The van der Waals surface area contributed by atoms with Gasteiger partial charge >= 0.3 is 5.97 Å². The average Bonchev–Trinajstić information content (AvgIpc) is 2.63. The molecule has 0 spiro atoms. The summed E-state index contributed by atoms with van der Waals surface area (Å²) < 4.78 is 6.39. The number of carbonyl (C=O) groups excluding carboxylic acids is 1. The lowest BCUT2D eigenvalue weighted by Gasteiger charge is -2.19. The first-order chi connectivity index (χ1) is 7.54. The van der Waals surface area contributed by atoms with E-state index in [9.17, 15) is 4.79 Å². The number of carbonyl (C=O) groups is 1. The Morgan fingerprint density at radius 3 is 2.88 bits per heavy atom. The van der Waals surface area contributed by atoms with Crippen molar-refractivity contribution in [2.75, 3.05) is 20.7 Å². The van der Waals surface area contributed by atoms with Crippen molar-refractivity contribution >= 4 is 5.97 Å². The summed E-state index contributed by atoms with van der Waals surface area (Å²) in [5.74, 6) is 0.549. The zero-order chi connectivity index (χ0) is 12.1. The zero-order valence-corrected chi connectivity index (χ0v) is 10.2. The summed E-state index contributed by atoms with van der Waals surface area (Å²) in [6.45, 7) is 3.15. The molecule has 0 bridgehead atoms. The monoisotopic (exact) mass is 226 g/mol. The molecule has 16 heavy (non-hydrogen) atoms. The van der Waals surface area contributed by atoms with Gasteiger partial charge in [-0.25, -0.2) is 4.98 Å². The van der Waals surface area contributed by atoms with Gasteiger partial charge in [0.05, 0.1) is 19.6 Å². The topological polar surface area (TPSA) is 60.2 Å². The summed E-state index contributed by atoms with van der Waals surface area (Å²) in [7, 11) is 5.19. The van der Waals surface area contributed by atoms with Gasteiger partial charge in [-0.15, -0.1) is 0 Å². The highest BCUT2D eigenvalue weighted by atomic mass is 16.5. The number of aromatic nitrogens is 3. The minimum Gasteiger partial charge on any atom is -0.469 e. The van der Waals surface area contributed by atoms with Crippen LogP contribution in [-0.4, -0.2) is 46.3 Å². The molecule has 6 heteroatoms. The minimum absolute atomic E-state index is 0.136. The van der Waals surface area contributed by atoms with Gasteiger partial charge in [-0.2, -0.15) is 5.10 Å². The van der Waals surface area contributed by atoms with Crippen LogP contribution in [0.4, 0.5) is 0 Å². The van der Waals surface area contributed by atoms with Gasteiger partial charge in [-0.3, -0.25) is 14.4 Å². The van der Waals surface area contributed by atoms with Gasteiger partial charge in [-0.05, 0) is 7.05 Å². The van der Waals surface area contributed by atoms with Gasteiger partial charge in [0.25, 0.3) is 0 Å². The lowest BCUT2D eigenvalue weighted by Crippen LogP contribution is -2.29. The second-order valence-electron chi connectivity index (χ2n) is 3.92. The molecule has 1 rings (SSSR count). The lowest BCUT2D eigenvalue weighted by atomic mass is 10.2. The summed E-state index contributed by atoms with van der Waals surface area (Å²) in [6, 6.07) is 0. The summed E-state index contributed by atoms with van der Waals surface area (Å²) in [4.78, 5) is 17.4. The van der Waals surface area contributed by atoms with Crippen molar-refractivity contribution in [3.05, 3.63) is 12.2 Å². The van der Waals surface area contributed by atoms with Crippen molar-refractivity contribution in [2.45, 2.75) is 13.5 Å². The van der Waals surface area contributed by atoms with E-state index in [0.29, 0.717) is 13.1 Å². The van der Waals surface area contributed by atoms with E-state index in [-0.39, 0.29) is 11.9 Å². The van der Waals surface area contributed by atoms with E-state index in [4.69, 9.17) is 0 Å².